The van der Waals surface area contributed by atoms with Crippen molar-refractivity contribution in [2.75, 3.05) is 0 Å². The fourth-order valence-corrected chi connectivity index (χ4v) is 93.2. The van der Waals surface area contributed by atoms with Crippen LogP contribution in [0.2, 0.25) is 47.2 Å². The molecule has 1 spiro atoms. The SMILES string of the molecule is CC(C)(C)OC(=O)[C]12[CH]3[CH]4[CH]5[CH]1[Fe]45321678[CH]2[CH]1[CH]6[C]7(C(=O)OC(C)(C)C)[CH]28. The van der Waals surface area contributed by atoms with Gasteiger partial charge in [0.1, 0.15) is 0 Å². The zero-order chi connectivity index (χ0) is 17.5. The maximum atomic E-state index is 13.5. The van der Waals surface area contributed by atoms with E-state index in [2.05, 4.69) is 0 Å². The summed E-state index contributed by atoms with van der Waals surface area (Å²) >= 11 is 0. The second-order valence-electron chi connectivity index (χ2n) is 14.8. The number of esters is 2. The number of fused-ring (bicyclic) bond motifs is 10. The zero-order valence-corrected chi connectivity index (χ0v) is 16.7. The molecular formula is C20H26FeO4. The molecule has 0 aliphatic carbocycles. The molecule has 0 aromatic heterocycles. The van der Waals surface area contributed by atoms with Crippen LogP contribution in [0.4, 0.5) is 0 Å². The van der Waals surface area contributed by atoms with E-state index in [-0.39, 0.29) is 20.6 Å². The van der Waals surface area contributed by atoms with Gasteiger partial charge in [-0.05, 0) is 0 Å². The van der Waals surface area contributed by atoms with Crippen LogP contribution in [0.15, 0.2) is 0 Å². The van der Waals surface area contributed by atoms with Crippen molar-refractivity contribution in [3.63, 3.8) is 0 Å². The third-order valence-corrected chi connectivity index (χ3v) is 58.8. The van der Waals surface area contributed by atoms with Gasteiger partial charge in [-0.2, -0.15) is 0 Å². The van der Waals surface area contributed by atoms with Gasteiger partial charge in [-0.3, -0.25) is 0 Å². The van der Waals surface area contributed by atoms with Crippen LogP contribution in [-0.4, -0.2) is 23.1 Å². The maximum absolute atomic E-state index is 13.5. The molecule has 10 aliphatic rings. The van der Waals surface area contributed by atoms with E-state index in [0.29, 0.717) is 19.3 Å². The second kappa shape index (κ2) is 1.17. The van der Waals surface area contributed by atoms with Crippen molar-refractivity contribution in [1.82, 2.24) is 0 Å². The number of carbonyl (C=O) groups is 2. The Morgan fingerprint density at radius 3 is 1.16 bits per heavy atom. The molecule has 10 heterocycles. The van der Waals surface area contributed by atoms with E-state index in [4.69, 9.17) is 9.47 Å². The van der Waals surface area contributed by atoms with Gasteiger partial charge in [0.25, 0.3) is 0 Å². The van der Waals surface area contributed by atoms with E-state index in [1.54, 1.807) is 0 Å². The van der Waals surface area contributed by atoms with Gasteiger partial charge in [0.05, 0.1) is 0 Å². The molecule has 0 aromatic rings. The second-order valence-corrected chi connectivity index (χ2v) is 38.0. The Morgan fingerprint density at radius 2 is 0.960 bits per heavy atom. The van der Waals surface area contributed by atoms with Crippen LogP contribution in [0.3, 0.4) is 0 Å². The van der Waals surface area contributed by atoms with Crippen molar-refractivity contribution >= 4 is 11.9 Å². The Bertz CT molecular complexity index is 1200. The van der Waals surface area contributed by atoms with E-state index in [1.807, 2.05) is 41.5 Å². The van der Waals surface area contributed by atoms with Gasteiger partial charge in [0.2, 0.25) is 0 Å². The summed E-state index contributed by atoms with van der Waals surface area (Å²) in [6, 6.07) is 0. The molecule has 138 valence electrons. The van der Waals surface area contributed by atoms with Crippen LogP contribution >= 0.6 is 0 Å². The summed E-state index contributed by atoms with van der Waals surface area (Å²) in [7, 11) is 0. The van der Waals surface area contributed by atoms with Crippen molar-refractivity contribution in [2.45, 2.75) is 99.9 Å². The quantitative estimate of drug-likeness (QED) is 0.505. The molecule has 0 radical (unpaired) electrons. The van der Waals surface area contributed by atoms with Gasteiger partial charge in [0.15, 0.2) is 0 Å². The minimum atomic E-state index is -4.14. The molecule has 4 nitrogen and oxygen atoms in total. The van der Waals surface area contributed by atoms with Crippen LogP contribution in [0.25, 0.3) is 0 Å². The van der Waals surface area contributed by atoms with Crippen LogP contribution in [0, 0.1) is 0 Å². The first-order valence-electron chi connectivity index (χ1n) is 9.87. The summed E-state index contributed by atoms with van der Waals surface area (Å²) in [4.78, 5) is 33.2. The number of ether oxygens (including phenoxy) is 2. The van der Waals surface area contributed by atoms with Crippen molar-refractivity contribution in [1.29, 1.82) is 0 Å². The Kier molecular flexibility index (Phi) is 0.564. The predicted molar refractivity (Wildman–Crippen MR) is 87.1 cm³/mol. The molecular weight excluding hydrogens is 360 g/mol. The molecule has 10 saturated heterocycles. The summed E-state index contributed by atoms with van der Waals surface area (Å²) in [5.74, 6) is 0.267. The average Bonchev–Trinajstić information content (AvgIpc) is 3.37. The number of hydrogen-bond donors (Lipinski definition) is 0. The van der Waals surface area contributed by atoms with Crippen molar-refractivity contribution < 1.29 is 25.6 Å². The third-order valence-electron chi connectivity index (χ3n) is 16.2. The number of carbonyl (C=O) groups excluding carboxylic acids is 2. The van der Waals surface area contributed by atoms with E-state index in [0.717, 1.165) is 19.3 Å². The molecule has 5 heteroatoms. The first-order chi connectivity index (χ1) is 11.2. The first-order valence-corrected chi connectivity index (χ1v) is 16.1. The third kappa shape index (κ3) is 0.176. The van der Waals surface area contributed by atoms with E-state index < -0.39 is 17.7 Å². The van der Waals surface area contributed by atoms with Gasteiger partial charge in [0, 0.05) is 0 Å². The molecule has 0 N–H and O–H groups in total. The molecule has 0 saturated carbocycles. The van der Waals surface area contributed by atoms with Gasteiger partial charge in [-0.25, -0.2) is 0 Å². The Morgan fingerprint density at radius 1 is 0.680 bits per heavy atom. The monoisotopic (exact) mass is 386 g/mol. The van der Waals surface area contributed by atoms with Crippen LogP contribution in [0.5, 0.6) is 0 Å². The van der Waals surface area contributed by atoms with Gasteiger partial charge >= 0.3 is 137 Å². The molecule has 8 unspecified atom stereocenters. The summed E-state index contributed by atoms with van der Waals surface area (Å²) in [6.45, 7) is 7.77. The van der Waals surface area contributed by atoms with E-state index >= 15 is 0 Å². The summed E-state index contributed by atoms with van der Waals surface area (Å²) in [5, 5.41) is 0. The molecule has 10 aliphatic heterocycles. The summed E-state index contributed by atoms with van der Waals surface area (Å²) < 4.78 is 11.9. The molecule has 10 fully saturated rings. The number of rotatable bonds is 2. The summed E-state index contributed by atoms with van der Waals surface area (Å²) in [6.07, 6.45) is 0. The fourth-order valence-electron chi connectivity index (χ4n) is 18.4. The molecule has 0 amide bonds. The fraction of sp³-hybridized carbons (Fsp3) is 0.900. The van der Waals surface area contributed by atoms with Crippen LogP contribution in [0.1, 0.15) is 41.5 Å². The topological polar surface area (TPSA) is 52.6 Å². The minimum absolute atomic E-state index is 0.0847. The normalized spacial score (nSPS) is 88.7. The Labute approximate surface area is 137 Å². The average molecular weight is 386 g/mol. The van der Waals surface area contributed by atoms with E-state index in [9.17, 15) is 9.59 Å². The predicted octanol–water partition coefficient (Wildman–Crippen LogP) is 4.80. The first kappa shape index (κ1) is 12.0. The van der Waals surface area contributed by atoms with Gasteiger partial charge < -0.3 is 0 Å². The standard InChI is InChI=1S/2C10H13O2.Fe/c2*1-10(2,3)12-9(11)8-6-4-5-7-8;/h2*4-7H,1-3H3;. The molecule has 8 atom stereocenters. The molecule has 10 rings (SSSR count). The molecule has 25 heavy (non-hydrogen) atoms. The molecule has 0 aromatic carbocycles. The molecule has 0 bridgehead atoms. The van der Waals surface area contributed by atoms with Gasteiger partial charge in [-0.15, -0.1) is 0 Å². The zero-order valence-electron chi connectivity index (χ0n) is 15.6. The van der Waals surface area contributed by atoms with Crippen molar-refractivity contribution in [3.05, 3.63) is 0 Å². The summed E-state index contributed by atoms with van der Waals surface area (Å²) in [5.41, 5.74) is -0.838. The van der Waals surface area contributed by atoms with Crippen molar-refractivity contribution in [2.24, 2.45) is 0 Å². The van der Waals surface area contributed by atoms with Crippen molar-refractivity contribution in [3.8, 4) is 0 Å². The Balaban J connectivity index is 1.27. The van der Waals surface area contributed by atoms with Crippen LogP contribution in [-0.2, 0) is 25.6 Å². The van der Waals surface area contributed by atoms with E-state index in [1.165, 1.54) is 0 Å². The Hall–Kier alpha value is -0.541. The van der Waals surface area contributed by atoms with Gasteiger partial charge in [-0.1, -0.05) is 0 Å². The van der Waals surface area contributed by atoms with Crippen LogP contribution < -0.4 is 0 Å². The number of hydrogen-bond acceptors (Lipinski definition) is 4.